The molecule has 3 rings (SSSR count). The smallest absolute Gasteiger partial charge is 0.228 e. The molecule has 6 nitrogen and oxygen atoms in total. The SMILES string of the molecule is CNc1nc(C=O)cc2cc(NC(=O)C3CC3)ncc12. The Labute approximate surface area is 115 Å². The minimum atomic E-state index is 0.00959. The monoisotopic (exact) mass is 270 g/mol. The number of anilines is 2. The Morgan fingerprint density at radius 1 is 1.40 bits per heavy atom. The van der Waals surface area contributed by atoms with Crippen LogP contribution in [0.3, 0.4) is 0 Å². The fourth-order valence-electron chi connectivity index (χ4n) is 2.06. The molecule has 20 heavy (non-hydrogen) atoms. The van der Waals surface area contributed by atoms with Crippen molar-refractivity contribution in [3.8, 4) is 0 Å². The number of rotatable bonds is 4. The summed E-state index contributed by atoms with van der Waals surface area (Å²) in [4.78, 5) is 31.0. The highest BCUT2D eigenvalue weighted by Crippen LogP contribution is 2.30. The van der Waals surface area contributed by atoms with Crippen LogP contribution in [0.4, 0.5) is 11.6 Å². The normalized spacial score (nSPS) is 14.1. The number of fused-ring (bicyclic) bond motifs is 1. The molecule has 0 spiro atoms. The largest absolute Gasteiger partial charge is 0.373 e. The van der Waals surface area contributed by atoms with Gasteiger partial charge in [0.15, 0.2) is 6.29 Å². The lowest BCUT2D eigenvalue weighted by molar-refractivity contribution is -0.117. The Kier molecular flexibility index (Phi) is 3.06. The van der Waals surface area contributed by atoms with Gasteiger partial charge in [-0.15, -0.1) is 0 Å². The predicted molar refractivity (Wildman–Crippen MR) is 75.8 cm³/mol. The van der Waals surface area contributed by atoms with Crippen molar-refractivity contribution in [2.24, 2.45) is 5.92 Å². The Morgan fingerprint density at radius 2 is 2.20 bits per heavy atom. The van der Waals surface area contributed by atoms with Crippen molar-refractivity contribution in [2.45, 2.75) is 12.8 Å². The second kappa shape index (κ2) is 4.88. The molecule has 2 aromatic heterocycles. The van der Waals surface area contributed by atoms with Crippen LogP contribution in [0.5, 0.6) is 0 Å². The molecule has 2 aromatic rings. The highest BCUT2D eigenvalue weighted by molar-refractivity contribution is 5.98. The van der Waals surface area contributed by atoms with E-state index < -0.39 is 0 Å². The van der Waals surface area contributed by atoms with Gasteiger partial charge in [0, 0.05) is 24.5 Å². The molecular weight excluding hydrogens is 256 g/mol. The second-order valence-corrected chi connectivity index (χ2v) is 4.82. The molecule has 0 atom stereocenters. The quantitative estimate of drug-likeness (QED) is 0.828. The summed E-state index contributed by atoms with van der Waals surface area (Å²) in [5, 5.41) is 7.35. The average Bonchev–Trinajstić information content (AvgIpc) is 3.30. The van der Waals surface area contributed by atoms with E-state index in [-0.39, 0.29) is 11.8 Å². The van der Waals surface area contributed by atoms with Gasteiger partial charge in [-0.2, -0.15) is 0 Å². The van der Waals surface area contributed by atoms with E-state index in [1.165, 1.54) is 0 Å². The van der Waals surface area contributed by atoms with Gasteiger partial charge in [-0.25, -0.2) is 9.97 Å². The zero-order chi connectivity index (χ0) is 14.1. The van der Waals surface area contributed by atoms with Crippen molar-refractivity contribution in [1.82, 2.24) is 9.97 Å². The van der Waals surface area contributed by atoms with E-state index in [1.54, 1.807) is 25.4 Å². The highest BCUT2D eigenvalue weighted by Gasteiger charge is 2.29. The Bertz CT molecular complexity index is 695. The number of nitrogens with zero attached hydrogens (tertiary/aromatic N) is 2. The van der Waals surface area contributed by atoms with Crippen molar-refractivity contribution in [3.63, 3.8) is 0 Å². The van der Waals surface area contributed by atoms with Crippen LogP contribution < -0.4 is 10.6 Å². The maximum atomic E-state index is 11.7. The molecule has 1 amide bonds. The van der Waals surface area contributed by atoms with Gasteiger partial charge >= 0.3 is 0 Å². The third kappa shape index (κ3) is 2.32. The molecule has 0 unspecified atom stereocenters. The van der Waals surface area contributed by atoms with Crippen LogP contribution in [0, 0.1) is 5.92 Å². The molecule has 2 heterocycles. The summed E-state index contributed by atoms with van der Waals surface area (Å²) >= 11 is 0. The summed E-state index contributed by atoms with van der Waals surface area (Å²) in [5.41, 5.74) is 0.340. The first-order valence-electron chi connectivity index (χ1n) is 6.46. The second-order valence-electron chi connectivity index (χ2n) is 4.82. The molecule has 6 heteroatoms. The van der Waals surface area contributed by atoms with E-state index in [0.717, 1.165) is 23.6 Å². The molecular formula is C14H14N4O2. The molecule has 0 radical (unpaired) electrons. The number of carbonyl (C=O) groups is 2. The van der Waals surface area contributed by atoms with Gasteiger partial charge in [-0.3, -0.25) is 9.59 Å². The zero-order valence-corrected chi connectivity index (χ0v) is 11.0. The first-order valence-corrected chi connectivity index (χ1v) is 6.46. The van der Waals surface area contributed by atoms with Crippen LogP contribution in [-0.2, 0) is 4.79 Å². The summed E-state index contributed by atoms with van der Waals surface area (Å²) in [6.07, 6.45) is 4.24. The number of hydrogen-bond donors (Lipinski definition) is 2. The van der Waals surface area contributed by atoms with E-state index in [9.17, 15) is 9.59 Å². The standard InChI is InChI=1S/C14H14N4O2/c1-15-13-11-6-16-12(18-14(20)8-2-3-8)5-9(11)4-10(7-19)17-13/h4-8H,2-3H2,1H3,(H,15,17)(H,16,18,20). The van der Waals surface area contributed by atoms with Crippen LogP contribution in [0.1, 0.15) is 23.3 Å². The maximum Gasteiger partial charge on any atom is 0.228 e. The van der Waals surface area contributed by atoms with Crippen molar-refractivity contribution in [1.29, 1.82) is 0 Å². The van der Waals surface area contributed by atoms with Crippen molar-refractivity contribution >= 4 is 34.6 Å². The first kappa shape index (κ1) is 12.5. The molecule has 102 valence electrons. The molecule has 0 aromatic carbocycles. The van der Waals surface area contributed by atoms with Crippen molar-refractivity contribution in [3.05, 3.63) is 24.0 Å². The first-order chi connectivity index (χ1) is 9.71. The number of aromatic nitrogens is 2. The van der Waals surface area contributed by atoms with Crippen LogP contribution in [-0.4, -0.2) is 29.2 Å². The lowest BCUT2D eigenvalue weighted by atomic mass is 10.2. The lowest BCUT2D eigenvalue weighted by Gasteiger charge is -2.08. The van der Waals surface area contributed by atoms with E-state index >= 15 is 0 Å². The summed E-state index contributed by atoms with van der Waals surface area (Å²) in [7, 11) is 1.74. The molecule has 1 fully saturated rings. The molecule has 0 aliphatic heterocycles. The number of carbonyl (C=O) groups excluding carboxylic acids is 2. The van der Waals surface area contributed by atoms with Crippen molar-refractivity contribution in [2.75, 3.05) is 17.7 Å². The summed E-state index contributed by atoms with van der Waals surface area (Å²) in [6.45, 7) is 0. The molecule has 1 aliphatic carbocycles. The average molecular weight is 270 g/mol. The van der Waals surface area contributed by atoms with E-state index in [2.05, 4.69) is 20.6 Å². The Balaban J connectivity index is 2.00. The molecule has 0 bridgehead atoms. The fraction of sp³-hybridized carbons (Fsp3) is 0.286. The number of amides is 1. The number of pyridine rings is 2. The third-order valence-corrected chi connectivity index (χ3v) is 3.29. The van der Waals surface area contributed by atoms with Crippen LogP contribution in [0.25, 0.3) is 10.8 Å². The zero-order valence-electron chi connectivity index (χ0n) is 11.0. The molecule has 1 saturated carbocycles. The van der Waals surface area contributed by atoms with E-state index in [0.29, 0.717) is 23.6 Å². The minimum Gasteiger partial charge on any atom is -0.373 e. The van der Waals surface area contributed by atoms with Gasteiger partial charge in [0.2, 0.25) is 5.91 Å². The van der Waals surface area contributed by atoms with Gasteiger partial charge in [-0.05, 0) is 30.4 Å². The van der Waals surface area contributed by atoms with Gasteiger partial charge < -0.3 is 10.6 Å². The number of hydrogen-bond acceptors (Lipinski definition) is 5. The van der Waals surface area contributed by atoms with Crippen molar-refractivity contribution < 1.29 is 9.59 Å². The lowest BCUT2D eigenvalue weighted by Crippen LogP contribution is -2.14. The summed E-state index contributed by atoms with van der Waals surface area (Å²) in [6, 6.07) is 3.43. The van der Waals surface area contributed by atoms with Gasteiger partial charge in [-0.1, -0.05) is 0 Å². The summed E-state index contributed by atoms with van der Waals surface area (Å²) in [5.74, 6) is 1.23. The third-order valence-electron chi connectivity index (χ3n) is 3.29. The minimum absolute atomic E-state index is 0.00959. The van der Waals surface area contributed by atoms with Gasteiger partial charge in [0.05, 0.1) is 0 Å². The Morgan fingerprint density at radius 3 is 2.85 bits per heavy atom. The highest BCUT2D eigenvalue weighted by atomic mass is 16.2. The molecule has 1 aliphatic rings. The molecule has 2 N–H and O–H groups in total. The predicted octanol–water partition coefficient (Wildman–Crippen LogP) is 1.83. The maximum absolute atomic E-state index is 11.7. The van der Waals surface area contributed by atoms with Crippen LogP contribution in [0.2, 0.25) is 0 Å². The Hall–Kier alpha value is -2.50. The van der Waals surface area contributed by atoms with Gasteiger partial charge in [0.1, 0.15) is 17.3 Å². The van der Waals surface area contributed by atoms with E-state index in [4.69, 9.17) is 0 Å². The fourth-order valence-corrected chi connectivity index (χ4v) is 2.06. The number of nitrogens with one attached hydrogen (secondary N) is 2. The van der Waals surface area contributed by atoms with E-state index in [1.807, 2.05) is 0 Å². The van der Waals surface area contributed by atoms with Gasteiger partial charge in [0.25, 0.3) is 0 Å². The molecule has 0 saturated heterocycles. The van der Waals surface area contributed by atoms with Crippen LogP contribution in [0.15, 0.2) is 18.3 Å². The van der Waals surface area contributed by atoms with Crippen LogP contribution >= 0.6 is 0 Å². The summed E-state index contributed by atoms with van der Waals surface area (Å²) < 4.78 is 0. The number of aldehydes is 1. The topological polar surface area (TPSA) is 84.0 Å².